The van der Waals surface area contributed by atoms with Crippen LogP contribution in [0.25, 0.3) is 0 Å². The number of benzene rings is 2. The Labute approximate surface area is 147 Å². The predicted molar refractivity (Wildman–Crippen MR) is 89.6 cm³/mol. The molecule has 0 amide bonds. The van der Waals surface area contributed by atoms with Crippen LogP contribution < -0.4 is 0 Å². The predicted octanol–water partition coefficient (Wildman–Crippen LogP) is 4.13. The molecule has 1 heterocycles. The second-order valence-corrected chi connectivity index (χ2v) is 6.41. The Balaban J connectivity index is 1.79. The zero-order valence-electron chi connectivity index (χ0n) is 13.1. The zero-order chi connectivity index (χ0) is 17.8. The largest absolute Gasteiger partial charge is 0.390 e. The van der Waals surface area contributed by atoms with Gasteiger partial charge in [0.2, 0.25) is 0 Å². The number of aliphatic hydroxyl groups excluding tert-OH is 1. The molecule has 0 aliphatic carbocycles. The highest BCUT2D eigenvalue weighted by molar-refractivity contribution is 7.98. The number of aromatic nitrogens is 2. The standard InChI is InChI=1S/C18H15F3N2OS/c19-14-3-1-12(2-4-14)9-23-17(10-24)8-22-18(23)25-11-13-5-15(20)7-16(21)6-13/h1-8,24H,9-11H2. The summed E-state index contributed by atoms with van der Waals surface area (Å²) in [5.41, 5.74) is 1.97. The van der Waals surface area contributed by atoms with E-state index in [9.17, 15) is 18.3 Å². The zero-order valence-corrected chi connectivity index (χ0v) is 13.9. The third kappa shape index (κ3) is 4.43. The van der Waals surface area contributed by atoms with Crippen molar-refractivity contribution in [3.8, 4) is 0 Å². The molecular weight excluding hydrogens is 349 g/mol. The van der Waals surface area contributed by atoms with Gasteiger partial charge in [0.05, 0.1) is 18.5 Å². The van der Waals surface area contributed by atoms with Gasteiger partial charge in [0.1, 0.15) is 17.5 Å². The van der Waals surface area contributed by atoms with Crippen LogP contribution in [0.4, 0.5) is 13.2 Å². The molecule has 0 spiro atoms. The number of rotatable bonds is 6. The Kier molecular flexibility index (Phi) is 5.45. The summed E-state index contributed by atoms with van der Waals surface area (Å²) in [7, 11) is 0. The molecule has 0 atom stereocenters. The van der Waals surface area contributed by atoms with Gasteiger partial charge in [-0.05, 0) is 35.4 Å². The first kappa shape index (κ1) is 17.6. The maximum Gasteiger partial charge on any atom is 0.168 e. The number of hydrogen-bond acceptors (Lipinski definition) is 3. The van der Waals surface area contributed by atoms with E-state index in [1.54, 1.807) is 22.9 Å². The third-order valence-corrected chi connectivity index (χ3v) is 4.67. The normalized spacial score (nSPS) is 11.0. The van der Waals surface area contributed by atoms with E-state index < -0.39 is 11.6 Å². The van der Waals surface area contributed by atoms with E-state index in [1.165, 1.54) is 36.0 Å². The fourth-order valence-electron chi connectivity index (χ4n) is 2.42. The van der Waals surface area contributed by atoms with Crippen molar-refractivity contribution in [3.05, 3.63) is 82.9 Å². The number of imidazole rings is 1. The van der Waals surface area contributed by atoms with Crippen LogP contribution in [0.2, 0.25) is 0 Å². The van der Waals surface area contributed by atoms with Crippen LogP contribution in [-0.4, -0.2) is 14.7 Å². The Bertz CT molecular complexity index is 845. The summed E-state index contributed by atoms with van der Waals surface area (Å²) in [6.07, 6.45) is 1.55. The molecule has 1 N–H and O–H groups in total. The van der Waals surface area contributed by atoms with Crippen LogP contribution in [0.5, 0.6) is 0 Å². The second kappa shape index (κ2) is 7.76. The first-order valence-electron chi connectivity index (χ1n) is 7.52. The minimum absolute atomic E-state index is 0.191. The molecule has 130 valence electrons. The van der Waals surface area contributed by atoms with Crippen LogP contribution in [0.3, 0.4) is 0 Å². The van der Waals surface area contributed by atoms with Gasteiger partial charge in [-0.1, -0.05) is 23.9 Å². The van der Waals surface area contributed by atoms with E-state index >= 15 is 0 Å². The van der Waals surface area contributed by atoms with Crippen molar-refractivity contribution >= 4 is 11.8 Å². The van der Waals surface area contributed by atoms with Crippen molar-refractivity contribution < 1.29 is 18.3 Å². The van der Waals surface area contributed by atoms with Gasteiger partial charge in [0.25, 0.3) is 0 Å². The molecule has 2 aromatic carbocycles. The average Bonchev–Trinajstić information content (AvgIpc) is 2.96. The molecule has 0 saturated carbocycles. The molecule has 0 aliphatic heterocycles. The van der Waals surface area contributed by atoms with Crippen molar-refractivity contribution in [1.82, 2.24) is 9.55 Å². The SMILES string of the molecule is OCc1cnc(SCc2cc(F)cc(F)c2)n1Cc1ccc(F)cc1. The van der Waals surface area contributed by atoms with Crippen LogP contribution in [-0.2, 0) is 18.9 Å². The molecule has 0 bridgehead atoms. The molecule has 0 aliphatic rings. The molecule has 0 saturated heterocycles. The molecule has 3 aromatic rings. The molecule has 0 radical (unpaired) electrons. The molecular formula is C18H15F3N2OS. The summed E-state index contributed by atoms with van der Waals surface area (Å²) < 4.78 is 41.4. The summed E-state index contributed by atoms with van der Waals surface area (Å²) in [6, 6.07) is 9.43. The monoisotopic (exact) mass is 364 g/mol. The van der Waals surface area contributed by atoms with Gasteiger partial charge >= 0.3 is 0 Å². The van der Waals surface area contributed by atoms with E-state index in [-0.39, 0.29) is 12.4 Å². The average molecular weight is 364 g/mol. The van der Waals surface area contributed by atoms with Crippen LogP contribution >= 0.6 is 11.8 Å². The number of halogens is 3. The molecule has 1 aromatic heterocycles. The van der Waals surface area contributed by atoms with Gasteiger partial charge in [-0.25, -0.2) is 18.2 Å². The maximum atomic E-state index is 13.3. The topological polar surface area (TPSA) is 38.1 Å². The van der Waals surface area contributed by atoms with Gasteiger partial charge in [-0.15, -0.1) is 0 Å². The van der Waals surface area contributed by atoms with Gasteiger partial charge in [0.15, 0.2) is 5.16 Å². The first-order valence-corrected chi connectivity index (χ1v) is 8.51. The van der Waals surface area contributed by atoms with Crippen molar-refractivity contribution in [2.45, 2.75) is 24.1 Å². The van der Waals surface area contributed by atoms with E-state index in [0.717, 1.165) is 11.6 Å². The lowest BCUT2D eigenvalue weighted by Gasteiger charge is -2.11. The summed E-state index contributed by atoms with van der Waals surface area (Å²) in [5, 5.41) is 10.1. The van der Waals surface area contributed by atoms with Crippen molar-refractivity contribution in [3.63, 3.8) is 0 Å². The summed E-state index contributed by atoms with van der Waals surface area (Å²) in [5.74, 6) is -1.23. The van der Waals surface area contributed by atoms with Gasteiger partial charge in [-0.2, -0.15) is 0 Å². The molecule has 3 nitrogen and oxygen atoms in total. The highest BCUT2D eigenvalue weighted by Gasteiger charge is 2.12. The lowest BCUT2D eigenvalue weighted by molar-refractivity contribution is 0.270. The lowest BCUT2D eigenvalue weighted by Crippen LogP contribution is -2.06. The summed E-state index contributed by atoms with van der Waals surface area (Å²) in [4.78, 5) is 4.26. The fourth-order valence-corrected chi connectivity index (χ4v) is 3.34. The Hall–Kier alpha value is -2.25. The number of hydrogen-bond donors (Lipinski definition) is 1. The smallest absolute Gasteiger partial charge is 0.168 e. The highest BCUT2D eigenvalue weighted by Crippen LogP contribution is 2.25. The Morgan fingerprint density at radius 2 is 1.60 bits per heavy atom. The molecule has 7 heteroatoms. The van der Waals surface area contributed by atoms with E-state index in [2.05, 4.69) is 4.98 Å². The highest BCUT2D eigenvalue weighted by atomic mass is 32.2. The Morgan fingerprint density at radius 1 is 0.920 bits per heavy atom. The third-order valence-electron chi connectivity index (χ3n) is 3.61. The number of aliphatic hydroxyl groups is 1. The van der Waals surface area contributed by atoms with Crippen LogP contribution in [0.1, 0.15) is 16.8 Å². The molecule has 0 fully saturated rings. The fraction of sp³-hybridized carbons (Fsp3) is 0.167. The van der Waals surface area contributed by atoms with E-state index in [0.29, 0.717) is 28.7 Å². The van der Waals surface area contributed by atoms with E-state index in [4.69, 9.17) is 0 Å². The maximum absolute atomic E-state index is 13.3. The number of nitrogens with zero attached hydrogens (tertiary/aromatic N) is 2. The molecule has 25 heavy (non-hydrogen) atoms. The summed E-state index contributed by atoms with van der Waals surface area (Å²) >= 11 is 1.31. The van der Waals surface area contributed by atoms with Gasteiger partial charge in [0, 0.05) is 18.4 Å². The van der Waals surface area contributed by atoms with Crippen LogP contribution in [0.15, 0.2) is 53.8 Å². The lowest BCUT2D eigenvalue weighted by atomic mass is 10.2. The van der Waals surface area contributed by atoms with Crippen molar-refractivity contribution in [1.29, 1.82) is 0 Å². The van der Waals surface area contributed by atoms with Crippen LogP contribution in [0, 0.1) is 17.5 Å². The van der Waals surface area contributed by atoms with Crippen molar-refractivity contribution in [2.75, 3.05) is 0 Å². The summed E-state index contributed by atoms with van der Waals surface area (Å²) in [6.45, 7) is 0.222. The Morgan fingerprint density at radius 3 is 2.24 bits per heavy atom. The minimum Gasteiger partial charge on any atom is -0.390 e. The van der Waals surface area contributed by atoms with Gasteiger partial charge < -0.3 is 9.67 Å². The quantitative estimate of drug-likeness (QED) is 0.668. The van der Waals surface area contributed by atoms with E-state index in [1.807, 2.05) is 0 Å². The molecule has 3 rings (SSSR count). The molecule has 0 unspecified atom stereocenters. The number of thioether (sulfide) groups is 1. The van der Waals surface area contributed by atoms with Gasteiger partial charge in [-0.3, -0.25) is 0 Å². The minimum atomic E-state index is -0.624. The first-order chi connectivity index (χ1) is 12.0. The van der Waals surface area contributed by atoms with Crippen molar-refractivity contribution in [2.24, 2.45) is 0 Å². The second-order valence-electron chi connectivity index (χ2n) is 5.47.